The van der Waals surface area contributed by atoms with Crippen molar-refractivity contribution in [3.63, 3.8) is 0 Å². The lowest BCUT2D eigenvalue weighted by Gasteiger charge is -2.05. The van der Waals surface area contributed by atoms with E-state index in [9.17, 15) is 0 Å². The van der Waals surface area contributed by atoms with Crippen LogP contribution >= 0.6 is 0 Å². The highest BCUT2D eigenvalue weighted by atomic mass is 16.5. The van der Waals surface area contributed by atoms with E-state index in [0.29, 0.717) is 6.54 Å². The van der Waals surface area contributed by atoms with Crippen LogP contribution in [0, 0.1) is 0 Å². The summed E-state index contributed by atoms with van der Waals surface area (Å²) in [5.74, 6) is 1.57. The van der Waals surface area contributed by atoms with Crippen LogP contribution in [0.1, 0.15) is 5.76 Å². The zero-order valence-corrected chi connectivity index (χ0v) is 9.00. The van der Waals surface area contributed by atoms with Crippen molar-refractivity contribution in [3.8, 4) is 0 Å². The van der Waals surface area contributed by atoms with Crippen LogP contribution in [-0.4, -0.2) is 15.1 Å². The quantitative estimate of drug-likeness (QED) is 0.741. The minimum absolute atomic E-state index is 0.557. The van der Waals surface area contributed by atoms with Gasteiger partial charge in [0, 0.05) is 11.5 Å². The third-order valence-corrected chi connectivity index (χ3v) is 2.46. The molecule has 0 aliphatic heterocycles. The summed E-state index contributed by atoms with van der Waals surface area (Å²) < 4.78 is 5.01. The van der Waals surface area contributed by atoms with E-state index >= 15 is 0 Å². The number of para-hydroxylation sites is 1. The van der Waals surface area contributed by atoms with Gasteiger partial charge in [0.25, 0.3) is 0 Å². The van der Waals surface area contributed by atoms with Crippen molar-refractivity contribution < 1.29 is 4.52 Å². The van der Waals surface area contributed by atoms with E-state index < -0.39 is 0 Å². The van der Waals surface area contributed by atoms with Gasteiger partial charge in [0.05, 0.1) is 18.3 Å². The molecule has 0 unspecified atom stereocenters. The largest absolute Gasteiger partial charge is 0.362 e. The van der Waals surface area contributed by atoms with E-state index in [2.05, 4.69) is 20.4 Å². The molecule has 0 bridgehead atoms. The van der Waals surface area contributed by atoms with Crippen molar-refractivity contribution >= 4 is 16.7 Å². The highest BCUT2D eigenvalue weighted by Gasteiger charge is 2.03. The monoisotopic (exact) mass is 226 g/mol. The molecule has 0 saturated heterocycles. The van der Waals surface area contributed by atoms with Gasteiger partial charge in [-0.25, -0.2) is 9.97 Å². The molecular formula is C12H10N4O. The fourth-order valence-electron chi connectivity index (χ4n) is 1.65. The molecule has 0 saturated carbocycles. The molecule has 5 heteroatoms. The van der Waals surface area contributed by atoms with E-state index in [1.54, 1.807) is 12.5 Å². The van der Waals surface area contributed by atoms with Crippen LogP contribution in [0.15, 0.2) is 47.4 Å². The molecule has 17 heavy (non-hydrogen) atoms. The minimum Gasteiger partial charge on any atom is -0.362 e. The van der Waals surface area contributed by atoms with Crippen molar-refractivity contribution in [2.45, 2.75) is 6.54 Å². The molecule has 0 radical (unpaired) electrons. The summed E-state index contributed by atoms with van der Waals surface area (Å²) in [6.07, 6.45) is 3.17. The number of fused-ring (bicyclic) bond motifs is 1. The first kappa shape index (κ1) is 9.77. The molecule has 0 atom stereocenters. The molecule has 84 valence electrons. The molecule has 0 fully saturated rings. The van der Waals surface area contributed by atoms with Crippen LogP contribution in [0.5, 0.6) is 0 Å². The second kappa shape index (κ2) is 4.21. The summed E-state index contributed by atoms with van der Waals surface area (Å²) in [4.78, 5) is 8.42. The normalized spacial score (nSPS) is 10.6. The fourth-order valence-corrected chi connectivity index (χ4v) is 1.65. The van der Waals surface area contributed by atoms with Gasteiger partial charge in [0.15, 0.2) is 5.76 Å². The van der Waals surface area contributed by atoms with E-state index in [4.69, 9.17) is 4.52 Å². The molecule has 0 spiro atoms. The maximum Gasteiger partial charge on any atom is 0.155 e. The first-order valence-electron chi connectivity index (χ1n) is 5.26. The predicted octanol–water partition coefficient (Wildman–Crippen LogP) is 2.23. The Bertz CT molecular complexity index is 616. The topological polar surface area (TPSA) is 63.8 Å². The summed E-state index contributed by atoms with van der Waals surface area (Å²) in [7, 11) is 0. The van der Waals surface area contributed by atoms with Gasteiger partial charge in [-0.05, 0) is 12.1 Å². The maximum atomic E-state index is 5.01. The van der Waals surface area contributed by atoms with Crippen molar-refractivity contribution in [1.82, 2.24) is 15.1 Å². The minimum atomic E-state index is 0.557. The lowest BCUT2D eigenvalue weighted by molar-refractivity contribution is 0.388. The summed E-state index contributed by atoms with van der Waals surface area (Å²) in [6.45, 7) is 0.557. The molecule has 3 rings (SSSR count). The maximum absolute atomic E-state index is 5.01. The Labute approximate surface area is 97.5 Å². The molecule has 2 heterocycles. The highest BCUT2D eigenvalue weighted by molar-refractivity contribution is 5.88. The third-order valence-electron chi connectivity index (χ3n) is 2.46. The number of anilines is 1. The van der Waals surface area contributed by atoms with Crippen LogP contribution in [0.4, 0.5) is 5.82 Å². The van der Waals surface area contributed by atoms with E-state index in [1.807, 2.05) is 30.3 Å². The molecule has 0 amide bonds. The first-order chi connectivity index (χ1) is 8.43. The summed E-state index contributed by atoms with van der Waals surface area (Å²) in [6, 6.07) is 9.67. The Morgan fingerprint density at radius 3 is 2.94 bits per heavy atom. The SMILES string of the molecule is c1ccc2c(NCc3ccno3)ncnc2c1. The van der Waals surface area contributed by atoms with E-state index in [-0.39, 0.29) is 0 Å². The molecule has 0 aliphatic rings. The van der Waals surface area contributed by atoms with Crippen molar-refractivity contribution in [3.05, 3.63) is 48.6 Å². The molecule has 1 N–H and O–H groups in total. The third kappa shape index (κ3) is 1.94. The zero-order chi connectivity index (χ0) is 11.5. The van der Waals surface area contributed by atoms with Gasteiger partial charge in [-0.15, -0.1) is 0 Å². The Morgan fingerprint density at radius 2 is 2.06 bits per heavy atom. The molecule has 0 aliphatic carbocycles. The van der Waals surface area contributed by atoms with Gasteiger partial charge in [-0.1, -0.05) is 17.3 Å². The predicted molar refractivity (Wildman–Crippen MR) is 63.4 cm³/mol. The Hall–Kier alpha value is -2.43. The van der Waals surface area contributed by atoms with Gasteiger partial charge in [-0.2, -0.15) is 0 Å². The van der Waals surface area contributed by atoms with Crippen molar-refractivity contribution in [1.29, 1.82) is 0 Å². The Morgan fingerprint density at radius 1 is 1.12 bits per heavy atom. The number of nitrogens with one attached hydrogen (secondary N) is 1. The number of benzene rings is 1. The van der Waals surface area contributed by atoms with Gasteiger partial charge in [0.2, 0.25) is 0 Å². The molecule has 1 aromatic carbocycles. The van der Waals surface area contributed by atoms with Gasteiger partial charge in [0.1, 0.15) is 12.1 Å². The number of nitrogens with zero attached hydrogens (tertiary/aromatic N) is 3. The summed E-state index contributed by atoms with van der Waals surface area (Å²) >= 11 is 0. The number of aromatic nitrogens is 3. The van der Waals surface area contributed by atoms with Gasteiger partial charge >= 0.3 is 0 Å². The smallest absolute Gasteiger partial charge is 0.155 e. The van der Waals surface area contributed by atoms with Gasteiger partial charge in [-0.3, -0.25) is 0 Å². The van der Waals surface area contributed by atoms with Gasteiger partial charge < -0.3 is 9.84 Å². The van der Waals surface area contributed by atoms with Crippen LogP contribution in [-0.2, 0) is 6.54 Å². The van der Waals surface area contributed by atoms with E-state index in [1.165, 1.54) is 0 Å². The molecule has 3 aromatic rings. The van der Waals surface area contributed by atoms with E-state index in [0.717, 1.165) is 22.5 Å². The lowest BCUT2D eigenvalue weighted by Crippen LogP contribution is -2.01. The van der Waals surface area contributed by atoms with Crippen molar-refractivity contribution in [2.75, 3.05) is 5.32 Å². The standard InChI is InChI=1S/C12H10N4O/c1-2-4-11-10(3-1)12(15-8-14-11)13-7-9-5-6-16-17-9/h1-6,8H,7H2,(H,13,14,15). The Kier molecular flexibility index (Phi) is 2.42. The van der Waals surface area contributed by atoms with Crippen LogP contribution in [0.3, 0.4) is 0 Å². The number of hydrogen-bond donors (Lipinski definition) is 1. The molecular weight excluding hydrogens is 216 g/mol. The van der Waals surface area contributed by atoms with Crippen LogP contribution < -0.4 is 5.32 Å². The second-order valence-corrected chi connectivity index (χ2v) is 3.57. The average molecular weight is 226 g/mol. The van der Waals surface area contributed by atoms with Crippen LogP contribution in [0.25, 0.3) is 10.9 Å². The fraction of sp³-hybridized carbons (Fsp3) is 0.0833. The number of rotatable bonds is 3. The first-order valence-corrected chi connectivity index (χ1v) is 5.26. The summed E-state index contributed by atoms with van der Waals surface area (Å²) in [5.41, 5.74) is 0.919. The molecule has 5 nitrogen and oxygen atoms in total. The zero-order valence-electron chi connectivity index (χ0n) is 9.00. The van der Waals surface area contributed by atoms with Crippen LogP contribution in [0.2, 0.25) is 0 Å². The highest BCUT2D eigenvalue weighted by Crippen LogP contribution is 2.18. The summed E-state index contributed by atoms with van der Waals surface area (Å²) in [5, 5.41) is 7.85. The molecule has 2 aromatic heterocycles. The second-order valence-electron chi connectivity index (χ2n) is 3.57. The number of hydrogen-bond acceptors (Lipinski definition) is 5. The van der Waals surface area contributed by atoms with Crippen molar-refractivity contribution in [2.24, 2.45) is 0 Å². The average Bonchev–Trinajstić information content (AvgIpc) is 2.89. The Balaban J connectivity index is 1.90. The lowest BCUT2D eigenvalue weighted by atomic mass is 10.2.